The van der Waals surface area contributed by atoms with Crippen molar-refractivity contribution in [3.8, 4) is 5.75 Å². The molecule has 1 rings (SSSR count). The summed E-state index contributed by atoms with van der Waals surface area (Å²) in [5.41, 5.74) is 0. The predicted molar refractivity (Wildman–Crippen MR) is 104 cm³/mol. The van der Waals surface area contributed by atoms with Crippen LogP contribution in [-0.2, 0) is 9.53 Å². The fourth-order valence-electron chi connectivity index (χ4n) is 2.83. The highest BCUT2D eigenvalue weighted by Crippen LogP contribution is 2.12. The SMILES string of the molecule is CCCCCCCCCCCCCCOC(=O)COc1ccccc1. The van der Waals surface area contributed by atoms with Crippen molar-refractivity contribution in [2.45, 2.75) is 84.0 Å². The van der Waals surface area contributed by atoms with Crippen LogP contribution in [0.3, 0.4) is 0 Å². The van der Waals surface area contributed by atoms with Crippen LogP contribution in [0.25, 0.3) is 0 Å². The smallest absolute Gasteiger partial charge is 0.344 e. The van der Waals surface area contributed by atoms with E-state index < -0.39 is 0 Å². The van der Waals surface area contributed by atoms with Crippen LogP contribution in [0.15, 0.2) is 30.3 Å². The van der Waals surface area contributed by atoms with Crippen molar-refractivity contribution in [1.82, 2.24) is 0 Å². The number of carbonyl (C=O) groups excluding carboxylic acids is 1. The molecule has 3 nitrogen and oxygen atoms in total. The number of unbranched alkanes of at least 4 members (excludes halogenated alkanes) is 11. The largest absolute Gasteiger partial charge is 0.482 e. The van der Waals surface area contributed by atoms with Gasteiger partial charge in [-0.3, -0.25) is 0 Å². The molecular weight excluding hydrogens is 312 g/mol. The standard InChI is InChI=1S/C22H36O3/c1-2-3-4-5-6-7-8-9-10-11-12-16-19-24-22(23)20-25-21-17-14-13-15-18-21/h13-15,17-18H,2-12,16,19-20H2,1H3. The summed E-state index contributed by atoms with van der Waals surface area (Å²) in [6, 6.07) is 9.34. The van der Waals surface area contributed by atoms with Gasteiger partial charge in [0.2, 0.25) is 0 Å². The maximum absolute atomic E-state index is 11.6. The number of esters is 1. The third kappa shape index (κ3) is 13.5. The average molecular weight is 349 g/mol. The Morgan fingerprint density at radius 2 is 1.28 bits per heavy atom. The minimum atomic E-state index is -0.285. The van der Waals surface area contributed by atoms with Crippen molar-refractivity contribution in [2.75, 3.05) is 13.2 Å². The van der Waals surface area contributed by atoms with E-state index in [2.05, 4.69) is 6.92 Å². The molecule has 0 spiro atoms. The van der Waals surface area contributed by atoms with Gasteiger partial charge in [-0.05, 0) is 18.6 Å². The molecule has 0 heterocycles. The van der Waals surface area contributed by atoms with Crippen molar-refractivity contribution in [2.24, 2.45) is 0 Å². The van der Waals surface area contributed by atoms with Gasteiger partial charge in [0.05, 0.1) is 6.61 Å². The molecule has 0 atom stereocenters. The summed E-state index contributed by atoms with van der Waals surface area (Å²) in [6.45, 7) is 2.76. The second kappa shape index (κ2) is 16.0. The van der Waals surface area contributed by atoms with Crippen LogP contribution in [0.2, 0.25) is 0 Å². The van der Waals surface area contributed by atoms with Gasteiger partial charge in [-0.2, -0.15) is 0 Å². The Morgan fingerprint density at radius 1 is 0.760 bits per heavy atom. The lowest BCUT2D eigenvalue weighted by Gasteiger charge is -2.07. The van der Waals surface area contributed by atoms with E-state index in [0.717, 1.165) is 12.8 Å². The van der Waals surface area contributed by atoms with E-state index in [1.807, 2.05) is 30.3 Å². The normalized spacial score (nSPS) is 10.6. The number of benzene rings is 1. The number of hydrogen-bond donors (Lipinski definition) is 0. The first kappa shape index (κ1) is 21.5. The van der Waals surface area contributed by atoms with Crippen molar-refractivity contribution in [3.63, 3.8) is 0 Å². The van der Waals surface area contributed by atoms with Gasteiger partial charge < -0.3 is 9.47 Å². The van der Waals surface area contributed by atoms with E-state index in [-0.39, 0.29) is 12.6 Å². The minimum Gasteiger partial charge on any atom is -0.482 e. The third-order valence-corrected chi connectivity index (χ3v) is 4.36. The van der Waals surface area contributed by atoms with Gasteiger partial charge in [0, 0.05) is 0 Å². The Morgan fingerprint density at radius 3 is 1.84 bits per heavy atom. The maximum atomic E-state index is 11.6. The molecular formula is C22H36O3. The zero-order chi connectivity index (χ0) is 18.0. The number of carbonyl (C=O) groups is 1. The van der Waals surface area contributed by atoms with E-state index in [9.17, 15) is 4.79 Å². The number of ether oxygens (including phenoxy) is 2. The van der Waals surface area contributed by atoms with Gasteiger partial charge in [0.15, 0.2) is 6.61 Å². The van der Waals surface area contributed by atoms with Crippen molar-refractivity contribution in [1.29, 1.82) is 0 Å². The number of hydrogen-bond acceptors (Lipinski definition) is 3. The van der Waals surface area contributed by atoms with Crippen LogP contribution in [0.1, 0.15) is 84.0 Å². The zero-order valence-corrected chi connectivity index (χ0v) is 16.0. The van der Waals surface area contributed by atoms with Gasteiger partial charge in [-0.25, -0.2) is 4.79 Å². The molecule has 0 aromatic heterocycles. The highest BCUT2D eigenvalue weighted by molar-refractivity contribution is 5.71. The summed E-state index contributed by atoms with van der Waals surface area (Å²) < 4.78 is 10.5. The molecule has 0 bridgehead atoms. The fraction of sp³-hybridized carbons (Fsp3) is 0.682. The summed E-state index contributed by atoms with van der Waals surface area (Å²) in [5, 5.41) is 0. The molecule has 1 aromatic rings. The van der Waals surface area contributed by atoms with Gasteiger partial charge in [0.25, 0.3) is 0 Å². The molecule has 1 aromatic carbocycles. The summed E-state index contributed by atoms with van der Waals surface area (Å²) >= 11 is 0. The van der Waals surface area contributed by atoms with Crippen LogP contribution in [0, 0.1) is 0 Å². The maximum Gasteiger partial charge on any atom is 0.344 e. The van der Waals surface area contributed by atoms with Gasteiger partial charge in [-0.15, -0.1) is 0 Å². The number of para-hydroxylation sites is 1. The molecule has 0 aliphatic rings. The Bertz CT molecular complexity index is 417. The summed E-state index contributed by atoms with van der Waals surface area (Å²) in [7, 11) is 0. The summed E-state index contributed by atoms with van der Waals surface area (Å²) in [4.78, 5) is 11.6. The fourth-order valence-corrected chi connectivity index (χ4v) is 2.83. The highest BCUT2D eigenvalue weighted by Gasteiger charge is 2.03. The van der Waals surface area contributed by atoms with E-state index in [4.69, 9.17) is 9.47 Å². The second-order valence-corrected chi connectivity index (χ2v) is 6.71. The van der Waals surface area contributed by atoms with Crippen molar-refractivity contribution in [3.05, 3.63) is 30.3 Å². The van der Waals surface area contributed by atoms with Crippen LogP contribution < -0.4 is 4.74 Å². The van der Waals surface area contributed by atoms with E-state index >= 15 is 0 Å². The molecule has 0 aliphatic heterocycles. The van der Waals surface area contributed by atoms with Crippen LogP contribution in [0.5, 0.6) is 5.75 Å². The second-order valence-electron chi connectivity index (χ2n) is 6.71. The van der Waals surface area contributed by atoms with E-state index in [1.54, 1.807) is 0 Å². The molecule has 0 fully saturated rings. The van der Waals surface area contributed by atoms with Gasteiger partial charge >= 0.3 is 5.97 Å². The quantitative estimate of drug-likeness (QED) is 0.259. The van der Waals surface area contributed by atoms with Crippen LogP contribution in [0.4, 0.5) is 0 Å². The van der Waals surface area contributed by atoms with Crippen LogP contribution in [-0.4, -0.2) is 19.2 Å². The molecule has 0 saturated carbocycles. The summed E-state index contributed by atoms with van der Waals surface area (Å²) in [6.07, 6.45) is 15.7. The zero-order valence-electron chi connectivity index (χ0n) is 16.0. The first-order chi connectivity index (χ1) is 12.3. The van der Waals surface area contributed by atoms with Gasteiger partial charge in [-0.1, -0.05) is 95.8 Å². The first-order valence-electron chi connectivity index (χ1n) is 10.2. The Hall–Kier alpha value is -1.51. The molecule has 0 N–H and O–H groups in total. The lowest BCUT2D eigenvalue weighted by atomic mass is 10.1. The molecule has 3 heteroatoms. The lowest BCUT2D eigenvalue weighted by Crippen LogP contribution is -2.15. The minimum absolute atomic E-state index is 0.0116. The Labute approximate surface area is 154 Å². The average Bonchev–Trinajstić information content (AvgIpc) is 2.64. The number of rotatable bonds is 16. The molecule has 0 aliphatic carbocycles. The molecule has 0 saturated heterocycles. The molecule has 142 valence electrons. The molecule has 0 unspecified atom stereocenters. The highest BCUT2D eigenvalue weighted by atomic mass is 16.6. The van der Waals surface area contributed by atoms with Crippen LogP contribution >= 0.6 is 0 Å². The van der Waals surface area contributed by atoms with Gasteiger partial charge in [0.1, 0.15) is 5.75 Å². The third-order valence-electron chi connectivity index (χ3n) is 4.36. The Balaban J connectivity index is 1.80. The van der Waals surface area contributed by atoms with Crippen molar-refractivity contribution < 1.29 is 14.3 Å². The van der Waals surface area contributed by atoms with E-state index in [1.165, 1.54) is 64.2 Å². The molecule has 0 amide bonds. The summed E-state index contributed by atoms with van der Waals surface area (Å²) in [5.74, 6) is 0.414. The monoisotopic (exact) mass is 348 g/mol. The van der Waals surface area contributed by atoms with Crippen molar-refractivity contribution >= 4 is 5.97 Å². The predicted octanol–water partition coefficient (Wildman–Crippen LogP) is 6.31. The first-order valence-corrected chi connectivity index (χ1v) is 10.2. The molecule has 25 heavy (non-hydrogen) atoms. The molecule has 0 radical (unpaired) electrons. The lowest BCUT2D eigenvalue weighted by molar-refractivity contribution is -0.146. The van der Waals surface area contributed by atoms with E-state index in [0.29, 0.717) is 12.4 Å². The Kier molecular flexibility index (Phi) is 13.8. The topological polar surface area (TPSA) is 35.5 Å².